The Morgan fingerprint density at radius 3 is 2.72 bits per heavy atom. The third-order valence-electron chi connectivity index (χ3n) is 9.11. The summed E-state index contributed by atoms with van der Waals surface area (Å²) in [5.41, 5.74) is -0.915. The predicted molar refractivity (Wildman–Crippen MR) is 139 cm³/mol. The molecule has 11 heteroatoms. The zero-order valence-corrected chi connectivity index (χ0v) is 22.7. The van der Waals surface area contributed by atoms with Crippen molar-refractivity contribution in [1.29, 1.82) is 0 Å². The number of likely N-dealkylation sites (tertiary alicyclic amines) is 1. The lowest BCUT2D eigenvalue weighted by atomic mass is 9.73. The largest absolute Gasteiger partial charge is 0.481 e. The smallest absolute Gasteiger partial charge is 0.274 e. The van der Waals surface area contributed by atoms with E-state index >= 15 is 0 Å². The molecule has 5 heterocycles. The molecule has 3 aliphatic heterocycles. The second-order valence-corrected chi connectivity index (χ2v) is 12.6. The fourth-order valence-corrected chi connectivity index (χ4v) is 7.04. The summed E-state index contributed by atoms with van der Waals surface area (Å²) in [7, 11) is 1.45. The Hall–Kier alpha value is -3.08. The number of hydrogen-bond acceptors (Lipinski definition) is 6. The molecule has 2 amide bonds. The lowest BCUT2D eigenvalue weighted by Crippen LogP contribution is -2.57. The molecule has 5 fully saturated rings. The van der Waals surface area contributed by atoms with Crippen LogP contribution >= 0.6 is 0 Å². The zero-order valence-electron chi connectivity index (χ0n) is 22.7. The van der Waals surface area contributed by atoms with Gasteiger partial charge in [-0.25, -0.2) is 13.8 Å². The number of rotatable bonds is 8. The Morgan fingerprint density at radius 1 is 1.26 bits per heavy atom. The monoisotopic (exact) mass is 542 g/mol. The second-order valence-electron chi connectivity index (χ2n) is 12.6. The van der Waals surface area contributed by atoms with Crippen molar-refractivity contribution in [3.8, 4) is 17.1 Å². The van der Waals surface area contributed by atoms with Crippen LogP contribution in [-0.2, 0) is 4.79 Å². The number of carbonyl (C=O) groups excluding carboxylic acids is 2. The molecule has 0 radical (unpaired) electrons. The SMILES string of the molecule is COc1cc(-c2cc(C(=O)N3CC[C@H](C(=O)NCC45CC(CN4CC(C)(C)F)C5)CC34CC4)n[nH]2)c(F)cn1. The van der Waals surface area contributed by atoms with Gasteiger partial charge in [0, 0.05) is 54.8 Å². The molecule has 1 atom stereocenters. The number of halogens is 2. The van der Waals surface area contributed by atoms with E-state index in [-0.39, 0.29) is 45.9 Å². The lowest BCUT2D eigenvalue weighted by Gasteiger charge is -2.44. The first-order chi connectivity index (χ1) is 18.5. The molecule has 9 nitrogen and oxygen atoms in total. The molecule has 2 aromatic rings. The van der Waals surface area contributed by atoms with E-state index in [1.54, 1.807) is 19.9 Å². The van der Waals surface area contributed by atoms with Crippen LogP contribution in [0.1, 0.15) is 62.9 Å². The van der Waals surface area contributed by atoms with Gasteiger partial charge in [-0.3, -0.25) is 19.6 Å². The van der Waals surface area contributed by atoms with Gasteiger partial charge in [0.15, 0.2) is 11.5 Å². The number of H-pyrrole nitrogens is 1. The van der Waals surface area contributed by atoms with Crippen molar-refractivity contribution >= 4 is 11.8 Å². The molecule has 2 aromatic heterocycles. The van der Waals surface area contributed by atoms with E-state index in [0.29, 0.717) is 44.1 Å². The highest BCUT2D eigenvalue weighted by Gasteiger charge is 2.57. The van der Waals surface area contributed by atoms with Crippen LogP contribution in [0, 0.1) is 17.7 Å². The van der Waals surface area contributed by atoms with Crippen molar-refractivity contribution in [3.05, 3.63) is 29.8 Å². The van der Waals surface area contributed by atoms with E-state index in [0.717, 1.165) is 38.4 Å². The maximum atomic E-state index is 14.4. The van der Waals surface area contributed by atoms with Crippen molar-refractivity contribution < 1.29 is 23.1 Å². The van der Waals surface area contributed by atoms with Gasteiger partial charge in [-0.15, -0.1) is 0 Å². The highest BCUT2D eigenvalue weighted by molar-refractivity contribution is 5.94. The number of piperidine rings is 1. The molecule has 0 aromatic carbocycles. The minimum absolute atomic E-state index is 0.0294. The van der Waals surface area contributed by atoms with Crippen LogP contribution in [0.3, 0.4) is 0 Å². The summed E-state index contributed by atoms with van der Waals surface area (Å²) in [6, 6.07) is 3.00. The van der Waals surface area contributed by atoms with Crippen LogP contribution in [0.25, 0.3) is 11.3 Å². The Balaban J connectivity index is 1.08. The molecule has 5 aliphatic rings. The molecule has 2 saturated carbocycles. The third kappa shape index (κ3) is 4.79. The van der Waals surface area contributed by atoms with Gasteiger partial charge < -0.3 is 15.0 Å². The number of ether oxygens (including phenoxy) is 1. The maximum Gasteiger partial charge on any atom is 0.274 e. The van der Waals surface area contributed by atoms with Crippen LogP contribution in [-0.4, -0.2) is 86.8 Å². The van der Waals surface area contributed by atoms with Crippen molar-refractivity contribution in [2.24, 2.45) is 11.8 Å². The normalized spacial score (nSPS) is 27.4. The second kappa shape index (κ2) is 9.25. The topological polar surface area (TPSA) is 103 Å². The Labute approximate surface area is 226 Å². The van der Waals surface area contributed by atoms with Gasteiger partial charge in [0.05, 0.1) is 19.0 Å². The molecular weight excluding hydrogens is 506 g/mol. The molecule has 2 bridgehead atoms. The number of alkyl halides is 1. The van der Waals surface area contributed by atoms with Crippen molar-refractivity contribution in [3.63, 3.8) is 0 Å². The average molecular weight is 543 g/mol. The number of pyridine rings is 1. The summed E-state index contributed by atoms with van der Waals surface area (Å²) in [5, 5.41) is 10.1. The van der Waals surface area contributed by atoms with Crippen LogP contribution in [0.2, 0.25) is 0 Å². The summed E-state index contributed by atoms with van der Waals surface area (Å²) in [6.07, 6.45) is 5.99. The van der Waals surface area contributed by atoms with Gasteiger partial charge in [0.25, 0.3) is 5.91 Å². The first-order valence-corrected chi connectivity index (χ1v) is 13.8. The first kappa shape index (κ1) is 26.2. The van der Waals surface area contributed by atoms with Crippen molar-refractivity contribution in [1.82, 2.24) is 30.3 Å². The van der Waals surface area contributed by atoms with Crippen molar-refractivity contribution in [2.75, 3.05) is 33.3 Å². The highest BCUT2D eigenvalue weighted by Crippen LogP contribution is 2.52. The number of carbonyl (C=O) groups is 2. The number of aromatic nitrogens is 3. The number of amides is 2. The fourth-order valence-electron chi connectivity index (χ4n) is 7.04. The number of fused-ring (bicyclic) bond motifs is 1. The number of nitrogens with zero attached hydrogens (tertiary/aromatic N) is 4. The van der Waals surface area contributed by atoms with Gasteiger partial charge in [-0.1, -0.05) is 0 Å². The molecular formula is C28H36F2N6O3. The number of aromatic amines is 1. The summed E-state index contributed by atoms with van der Waals surface area (Å²) < 4.78 is 33.8. The van der Waals surface area contributed by atoms with Gasteiger partial charge in [-0.05, 0) is 64.4 Å². The quantitative estimate of drug-likeness (QED) is 0.531. The molecule has 3 saturated heterocycles. The standard InChI is InChI=1S/C28H36F2N6O3/c1-26(2,30)16-35-14-17-10-28(35,11-17)15-32-24(37)18-4-7-36(27(12-18)5-6-27)25(38)22-9-21(33-34-22)19-8-23(39-3)31-13-20(19)29/h8-9,13,17-18H,4-7,10-12,14-16H2,1-3H3,(H,32,37)(H,33,34)/t17?,18-,28?/m0/s1. The average Bonchev–Trinajstić information content (AvgIpc) is 3.20. The van der Waals surface area contributed by atoms with Crippen LogP contribution in [0.4, 0.5) is 8.78 Å². The molecule has 210 valence electrons. The summed E-state index contributed by atoms with van der Waals surface area (Å²) in [6.45, 7) is 5.53. The Kier molecular flexibility index (Phi) is 6.20. The predicted octanol–water partition coefficient (Wildman–Crippen LogP) is 3.33. The number of hydrogen-bond donors (Lipinski definition) is 2. The molecule has 7 rings (SSSR count). The first-order valence-electron chi connectivity index (χ1n) is 13.8. The fraction of sp³-hybridized carbons (Fsp3) is 0.643. The molecule has 2 aliphatic carbocycles. The van der Waals surface area contributed by atoms with E-state index in [4.69, 9.17) is 4.74 Å². The molecule has 39 heavy (non-hydrogen) atoms. The molecule has 0 unspecified atom stereocenters. The maximum absolute atomic E-state index is 14.4. The van der Waals surface area contributed by atoms with E-state index in [2.05, 4.69) is 25.4 Å². The zero-order chi connectivity index (χ0) is 27.6. The highest BCUT2D eigenvalue weighted by atomic mass is 19.1. The van der Waals surface area contributed by atoms with Crippen molar-refractivity contribution in [2.45, 2.75) is 69.1 Å². The van der Waals surface area contributed by atoms with E-state index in [1.807, 2.05) is 4.90 Å². The number of methoxy groups -OCH3 is 1. The summed E-state index contributed by atoms with van der Waals surface area (Å²) in [5.74, 6) is -0.0334. The van der Waals surface area contributed by atoms with Gasteiger partial charge in [0.2, 0.25) is 11.8 Å². The lowest BCUT2D eigenvalue weighted by molar-refractivity contribution is -0.128. The van der Waals surface area contributed by atoms with Crippen LogP contribution in [0.5, 0.6) is 5.88 Å². The third-order valence-corrected chi connectivity index (χ3v) is 9.11. The minimum Gasteiger partial charge on any atom is -0.481 e. The Morgan fingerprint density at radius 2 is 2.03 bits per heavy atom. The molecule has 1 spiro atoms. The molecule has 2 N–H and O–H groups in total. The van der Waals surface area contributed by atoms with E-state index < -0.39 is 11.5 Å². The van der Waals surface area contributed by atoms with Crippen LogP contribution in [0.15, 0.2) is 18.3 Å². The summed E-state index contributed by atoms with van der Waals surface area (Å²) in [4.78, 5) is 34.6. The minimum atomic E-state index is -1.26. The van der Waals surface area contributed by atoms with Gasteiger partial charge in [-0.2, -0.15) is 5.10 Å². The Bertz CT molecular complexity index is 1280. The van der Waals surface area contributed by atoms with E-state index in [9.17, 15) is 18.4 Å². The van der Waals surface area contributed by atoms with E-state index in [1.165, 1.54) is 13.2 Å². The summed E-state index contributed by atoms with van der Waals surface area (Å²) >= 11 is 0. The van der Waals surface area contributed by atoms with Crippen LogP contribution < -0.4 is 10.1 Å². The van der Waals surface area contributed by atoms with Gasteiger partial charge >= 0.3 is 0 Å². The van der Waals surface area contributed by atoms with Gasteiger partial charge in [0.1, 0.15) is 5.67 Å². The number of nitrogens with one attached hydrogen (secondary N) is 2.